The highest BCUT2D eigenvalue weighted by Gasteiger charge is 2.14. The molecule has 0 aromatic carbocycles. The first kappa shape index (κ1) is 12.9. The Kier molecular flexibility index (Phi) is 5.55. The van der Waals surface area contributed by atoms with E-state index in [1.54, 1.807) is 11.8 Å². The van der Waals surface area contributed by atoms with Crippen molar-refractivity contribution in [2.45, 2.75) is 29.4 Å². The van der Waals surface area contributed by atoms with E-state index in [0.717, 1.165) is 16.5 Å². The Bertz CT molecular complexity index is 331. The van der Waals surface area contributed by atoms with E-state index in [1.807, 2.05) is 6.92 Å². The summed E-state index contributed by atoms with van der Waals surface area (Å²) in [7, 11) is 0. The summed E-state index contributed by atoms with van der Waals surface area (Å²) in [4.78, 5) is 11.3. The maximum Gasteiger partial charge on any atom is 0.239 e. The van der Waals surface area contributed by atoms with Gasteiger partial charge in [0.2, 0.25) is 11.0 Å². The molecule has 0 bridgehead atoms. The van der Waals surface area contributed by atoms with Crippen molar-refractivity contribution in [3.8, 4) is 0 Å². The zero-order valence-corrected chi connectivity index (χ0v) is 11.7. The molecule has 0 aliphatic heterocycles. The molecule has 1 amide bonds. The number of alkyl halides is 1. The monoisotopic (exact) mass is 309 g/mol. The third-order valence-electron chi connectivity index (χ3n) is 1.55. The van der Waals surface area contributed by atoms with Crippen LogP contribution in [0.3, 0.4) is 0 Å². The third kappa shape index (κ3) is 4.08. The minimum absolute atomic E-state index is 0.0679. The van der Waals surface area contributed by atoms with Crippen molar-refractivity contribution in [2.75, 3.05) is 11.1 Å². The highest BCUT2D eigenvalue weighted by molar-refractivity contribution is 9.10. The fourth-order valence-electron chi connectivity index (χ4n) is 0.811. The number of nitrogens with zero attached hydrogens (tertiary/aromatic N) is 2. The lowest BCUT2D eigenvalue weighted by Crippen LogP contribution is -2.21. The molecule has 0 spiro atoms. The Balaban J connectivity index is 2.53. The second-order valence-corrected chi connectivity index (χ2v) is 6.27. The summed E-state index contributed by atoms with van der Waals surface area (Å²) in [6, 6.07) is 0. The average Bonchev–Trinajstić information content (AvgIpc) is 2.65. The molecule has 0 aliphatic rings. The fraction of sp³-hybridized carbons (Fsp3) is 0.625. The summed E-state index contributed by atoms with van der Waals surface area (Å²) in [6.45, 7) is 3.99. The molecule has 1 heterocycles. The average molecular weight is 310 g/mol. The zero-order chi connectivity index (χ0) is 11.3. The van der Waals surface area contributed by atoms with Gasteiger partial charge in [-0.2, -0.15) is 0 Å². The van der Waals surface area contributed by atoms with E-state index in [1.165, 1.54) is 11.3 Å². The number of hydrogen-bond acceptors (Lipinski definition) is 5. The van der Waals surface area contributed by atoms with Gasteiger partial charge in [0.15, 0.2) is 4.34 Å². The number of halogens is 1. The van der Waals surface area contributed by atoms with E-state index in [0.29, 0.717) is 5.13 Å². The molecule has 1 N–H and O–H groups in total. The smallest absolute Gasteiger partial charge is 0.239 e. The number of carbonyl (C=O) groups is 1. The Morgan fingerprint density at radius 2 is 2.33 bits per heavy atom. The minimum Gasteiger partial charge on any atom is -0.300 e. The summed E-state index contributed by atoms with van der Waals surface area (Å²) in [5, 5.41) is 11.1. The predicted molar refractivity (Wildman–Crippen MR) is 67.9 cm³/mol. The second-order valence-electron chi connectivity index (χ2n) is 2.67. The number of nitrogens with one attached hydrogen (secondary N) is 1. The molecule has 0 saturated heterocycles. The Morgan fingerprint density at radius 1 is 1.60 bits per heavy atom. The summed E-state index contributed by atoms with van der Waals surface area (Å²) < 4.78 is 0.885. The largest absolute Gasteiger partial charge is 0.300 e. The van der Waals surface area contributed by atoms with Crippen LogP contribution in [-0.4, -0.2) is 26.7 Å². The summed E-state index contributed by atoms with van der Waals surface area (Å²) in [5.41, 5.74) is 0. The second kappa shape index (κ2) is 6.44. The number of anilines is 1. The van der Waals surface area contributed by atoms with E-state index >= 15 is 0 Å². The van der Waals surface area contributed by atoms with Gasteiger partial charge in [-0.25, -0.2) is 0 Å². The van der Waals surface area contributed by atoms with Crippen molar-refractivity contribution in [2.24, 2.45) is 0 Å². The van der Waals surface area contributed by atoms with Gasteiger partial charge in [0.05, 0.1) is 4.83 Å². The molecule has 7 heteroatoms. The Morgan fingerprint density at radius 3 is 2.93 bits per heavy atom. The number of rotatable bonds is 5. The van der Waals surface area contributed by atoms with E-state index in [9.17, 15) is 4.79 Å². The summed E-state index contributed by atoms with van der Waals surface area (Å²) in [5.74, 6) is 0.889. The van der Waals surface area contributed by atoms with Crippen LogP contribution >= 0.6 is 39.0 Å². The molecule has 0 aliphatic carbocycles. The van der Waals surface area contributed by atoms with Gasteiger partial charge >= 0.3 is 0 Å². The molecule has 0 saturated carbocycles. The Hall–Kier alpha value is -0.140. The molecule has 1 aromatic rings. The lowest BCUT2D eigenvalue weighted by atomic mass is 10.3. The molecule has 0 unspecified atom stereocenters. The fourth-order valence-corrected chi connectivity index (χ4v) is 2.58. The first-order chi connectivity index (χ1) is 7.17. The highest BCUT2D eigenvalue weighted by Crippen LogP contribution is 2.25. The minimum atomic E-state index is -0.163. The van der Waals surface area contributed by atoms with Crippen LogP contribution in [0.2, 0.25) is 0 Å². The van der Waals surface area contributed by atoms with Crippen molar-refractivity contribution in [3.63, 3.8) is 0 Å². The van der Waals surface area contributed by atoms with Crippen molar-refractivity contribution in [1.82, 2.24) is 10.2 Å². The van der Waals surface area contributed by atoms with Crippen LogP contribution in [0.25, 0.3) is 0 Å². The van der Waals surface area contributed by atoms with Gasteiger partial charge < -0.3 is 0 Å². The summed E-state index contributed by atoms with van der Waals surface area (Å²) in [6.07, 6.45) is 0.751. The van der Waals surface area contributed by atoms with Crippen molar-refractivity contribution >= 4 is 50.1 Å². The van der Waals surface area contributed by atoms with Crippen LogP contribution in [0.4, 0.5) is 5.13 Å². The van der Waals surface area contributed by atoms with Crippen LogP contribution in [-0.2, 0) is 4.79 Å². The van der Waals surface area contributed by atoms with Crippen molar-refractivity contribution < 1.29 is 4.79 Å². The van der Waals surface area contributed by atoms with Crippen molar-refractivity contribution in [1.29, 1.82) is 0 Å². The molecular weight excluding hydrogens is 298 g/mol. The standard InChI is InChI=1S/C8H12BrN3OS2/c1-3-5(9)6(13)10-7-11-12-8(15-7)14-4-2/h5H,3-4H2,1-2H3,(H,10,11,13)/t5-/m0/s1. The van der Waals surface area contributed by atoms with Crippen molar-refractivity contribution in [3.05, 3.63) is 0 Å². The molecule has 1 rings (SSSR count). The summed E-state index contributed by atoms with van der Waals surface area (Å²) >= 11 is 6.30. The van der Waals surface area contributed by atoms with Gasteiger partial charge in [0, 0.05) is 0 Å². The molecule has 1 atom stereocenters. The normalized spacial score (nSPS) is 12.5. The molecule has 0 radical (unpaired) electrons. The topological polar surface area (TPSA) is 54.9 Å². The molecular formula is C8H12BrN3OS2. The van der Waals surface area contributed by atoms with Crippen LogP contribution in [0.15, 0.2) is 4.34 Å². The lowest BCUT2D eigenvalue weighted by Gasteiger charge is -2.04. The maximum atomic E-state index is 11.5. The van der Waals surface area contributed by atoms with Crippen LogP contribution in [0.1, 0.15) is 20.3 Å². The van der Waals surface area contributed by atoms with Crippen LogP contribution < -0.4 is 5.32 Å². The molecule has 1 aromatic heterocycles. The van der Waals surface area contributed by atoms with Crippen LogP contribution in [0, 0.1) is 0 Å². The van der Waals surface area contributed by atoms with Gasteiger partial charge in [0.25, 0.3) is 0 Å². The highest BCUT2D eigenvalue weighted by atomic mass is 79.9. The van der Waals surface area contributed by atoms with Gasteiger partial charge in [0.1, 0.15) is 0 Å². The lowest BCUT2D eigenvalue weighted by molar-refractivity contribution is -0.115. The van der Waals surface area contributed by atoms with Gasteiger partial charge in [-0.1, -0.05) is 52.9 Å². The quantitative estimate of drug-likeness (QED) is 0.516. The number of carbonyl (C=O) groups excluding carboxylic acids is 1. The first-order valence-electron chi connectivity index (χ1n) is 4.58. The number of aromatic nitrogens is 2. The molecule has 15 heavy (non-hydrogen) atoms. The third-order valence-corrected chi connectivity index (χ3v) is 4.46. The van der Waals surface area contributed by atoms with Gasteiger partial charge in [-0.05, 0) is 12.2 Å². The number of thioether (sulfide) groups is 1. The number of amides is 1. The first-order valence-corrected chi connectivity index (χ1v) is 7.30. The zero-order valence-electron chi connectivity index (χ0n) is 8.49. The van der Waals surface area contributed by atoms with E-state index in [4.69, 9.17) is 0 Å². The van der Waals surface area contributed by atoms with E-state index < -0.39 is 0 Å². The molecule has 4 nitrogen and oxygen atoms in total. The maximum absolute atomic E-state index is 11.5. The molecule has 0 fully saturated rings. The predicted octanol–water partition coefficient (Wildman–Crippen LogP) is 2.76. The van der Waals surface area contributed by atoms with E-state index in [-0.39, 0.29) is 10.7 Å². The van der Waals surface area contributed by atoms with E-state index in [2.05, 4.69) is 38.4 Å². The van der Waals surface area contributed by atoms with Gasteiger partial charge in [-0.15, -0.1) is 10.2 Å². The van der Waals surface area contributed by atoms with Gasteiger partial charge in [-0.3, -0.25) is 10.1 Å². The van der Waals surface area contributed by atoms with Crippen LogP contribution in [0.5, 0.6) is 0 Å². The SMILES string of the molecule is CCSc1nnc(NC(=O)[C@@H](Br)CC)s1. The number of hydrogen-bond donors (Lipinski definition) is 1. The molecule has 84 valence electrons. The Labute approximate surface area is 105 Å².